The van der Waals surface area contributed by atoms with E-state index in [0.717, 1.165) is 17.3 Å². The van der Waals surface area contributed by atoms with Gasteiger partial charge in [-0.15, -0.1) is 0 Å². The topological polar surface area (TPSA) is 197 Å². The molecule has 0 unspecified atom stereocenters. The second-order valence-corrected chi connectivity index (χ2v) is 10.2. The van der Waals surface area contributed by atoms with Gasteiger partial charge in [0, 0.05) is 13.0 Å². The van der Waals surface area contributed by atoms with E-state index in [4.69, 9.17) is 11.5 Å². The molecule has 12 heteroatoms. The molecule has 1 saturated heterocycles. The van der Waals surface area contributed by atoms with Crippen LogP contribution < -0.4 is 22.1 Å². The molecule has 42 heavy (non-hydrogen) atoms. The van der Waals surface area contributed by atoms with Crippen molar-refractivity contribution in [2.75, 3.05) is 13.1 Å². The van der Waals surface area contributed by atoms with E-state index in [-0.39, 0.29) is 31.6 Å². The van der Waals surface area contributed by atoms with Gasteiger partial charge in [-0.2, -0.15) is 0 Å². The van der Waals surface area contributed by atoms with Gasteiger partial charge in [0.1, 0.15) is 23.9 Å². The van der Waals surface area contributed by atoms with Crippen LogP contribution in [0, 0.1) is 0 Å². The van der Waals surface area contributed by atoms with Gasteiger partial charge >= 0.3 is 0 Å². The van der Waals surface area contributed by atoms with Crippen molar-refractivity contribution in [2.24, 2.45) is 16.5 Å². The molecule has 1 aliphatic heterocycles. The number of likely N-dealkylation sites (tertiary alicyclic amines) is 1. The Morgan fingerprint density at radius 1 is 0.976 bits per heavy atom. The summed E-state index contributed by atoms with van der Waals surface area (Å²) in [7, 11) is 0. The maximum absolute atomic E-state index is 13.8. The summed E-state index contributed by atoms with van der Waals surface area (Å²) in [4.78, 5) is 68.5. The van der Waals surface area contributed by atoms with Crippen LogP contribution >= 0.6 is 0 Å². The third kappa shape index (κ3) is 9.32. The second kappa shape index (κ2) is 16.1. The smallest absolute Gasteiger partial charge is 0.268 e. The third-order valence-electron chi connectivity index (χ3n) is 7.04. The molecular formula is C30H38N6O6. The normalized spacial score (nSPS) is 16.9. The number of hydrogen-bond donors (Lipinski definition) is 5. The number of amides is 4. The Morgan fingerprint density at radius 2 is 1.64 bits per heavy atom. The lowest BCUT2D eigenvalue weighted by molar-refractivity contribution is -0.141. The Bertz CT molecular complexity index is 1250. The average molecular weight is 579 g/mol. The van der Waals surface area contributed by atoms with Crippen LogP contribution in [0.15, 0.2) is 59.6 Å². The lowest BCUT2D eigenvalue weighted by Crippen LogP contribution is -2.57. The summed E-state index contributed by atoms with van der Waals surface area (Å²) in [5.74, 6) is -2.10. The van der Waals surface area contributed by atoms with E-state index in [1.807, 2.05) is 30.3 Å². The van der Waals surface area contributed by atoms with Gasteiger partial charge in [0.25, 0.3) is 5.91 Å². The summed E-state index contributed by atoms with van der Waals surface area (Å²) in [6.07, 6.45) is 3.19. The molecule has 7 N–H and O–H groups in total. The summed E-state index contributed by atoms with van der Waals surface area (Å²) in [6.45, 7) is 0.580. The SMILES string of the molecule is NCCC[C@@H](NC(=O)[C@@H](N)Cc1ccc(O)cc1)C(=O)N[C@@H](Cc1ccccc1)C(=O)N1CCC[C@@H]1C(=O)N=CC=O. The van der Waals surface area contributed by atoms with Crippen molar-refractivity contribution in [3.05, 3.63) is 65.7 Å². The van der Waals surface area contributed by atoms with Crippen LogP contribution in [-0.2, 0) is 36.8 Å². The summed E-state index contributed by atoms with van der Waals surface area (Å²) in [6, 6.07) is 11.6. The van der Waals surface area contributed by atoms with Crippen molar-refractivity contribution < 1.29 is 29.1 Å². The fraction of sp³-hybridized carbons (Fsp3) is 0.400. The molecule has 4 amide bonds. The number of nitrogens with zero attached hydrogens (tertiary/aromatic N) is 2. The maximum atomic E-state index is 13.8. The molecule has 0 spiro atoms. The van der Waals surface area contributed by atoms with Crippen LogP contribution in [0.25, 0.3) is 0 Å². The number of aliphatic imine (C=N–C) groups is 1. The lowest BCUT2D eigenvalue weighted by Gasteiger charge is -2.29. The van der Waals surface area contributed by atoms with E-state index < -0.39 is 47.8 Å². The molecule has 224 valence electrons. The molecular weight excluding hydrogens is 540 g/mol. The Hall–Kier alpha value is -4.42. The molecule has 1 heterocycles. The van der Waals surface area contributed by atoms with Crippen molar-refractivity contribution >= 4 is 36.1 Å². The molecule has 2 aromatic carbocycles. The van der Waals surface area contributed by atoms with Gasteiger partial charge in [-0.1, -0.05) is 42.5 Å². The van der Waals surface area contributed by atoms with E-state index in [2.05, 4.69) is 15.6 Å². The Labute approximate surface area is 244 Å². The minimum Gasteiger partial charge on any atom is -0.508 e. The molecule has 3 rings (SSSR count). The van der Waals surface area contributed by atoms with Gasteiger partial charge in [-0.25, -0.2) is 4.99 Å². The summed E-state index contributed by atoms with van der Waals surface area (Å²) in [5.41, 5.74) is 13.3. The first-order valence-corrected chi connectivity index (χ1v) is 13.9. The zero-order valence-corrected chi connectivity index (χ0v) is 23.4. The number of phenols is 1. The van der Waals surface area contributed by atoms with Crippen LogP contribution in [0.1, 0.15) is 36.8 Å². The highest BCUT2D eigenvalue weighted by molar-refractivity contribution is 6.16. The number of rotatable bonds is 14. The molecule has 0 aromatic heterocycles. The van der Waals surface area contributed by atoms with Gasteiger partial charge in [-0.3, -0.25) is 24.0 Å². The average Bonchev–Trinajstić information content (AvgIpc) is 3.49. The summed E-state index contributed by atoms with van der Waals surface area (Å²) >= 11 is 0. The van der Waals surface area contributed by atoms with Crippen LogP contribution in [-0.4, -0.2) is 83.4 Å². The molecule has 0 saturated carbocycles. The third-order valence-corrected chi connectivity index (χ3v) is 7.04. The number of carbonyl (C=O) groups excluding carboxylic acids is 5. The molecule has 1 fully saturated rings. The van der Waals surface area contributed by atoms with Gasteiger partial charge < -0.3 is 32.1 Å². The highest BCUT2D eigenvalue weighted by atomic mass is 16.3. The molecule has 0 aliphatic carbocycles. The molecule has 0 bridgehead atoms. The highest BCUT2D eigenvalue weighted by Crippen LogP contribution is 2.21. The fourth-order valence-corrected chi connectivity index (χ4v) is 4.85. The lowest BCUT2D eigenvalue weighted by atomic mass is 10.0. The first-order chi connectivity index (χ1) is 20.2. The largest absolute Gasteiger partial charge is 0.508 e. The van der Waals surface area contributed by atoms with Crippen LogP contribution in [0.5, 0.6) is 5.75 Å². The summed E-state index contributed by atoms with van der Waals surface area (Å²) in [5, 5.41) is 15.0. The van der Waals surface area contributed by atoms with Gasteiger partial charge in [0.05, 0.1) is 12.3 Å². The number of benzene rings is 2. The van der Waals surface area contributed by atoms with Gasteiger partial charge in [-0.05, 0) is 61.9 Å². The maximum Gasteiger partial charge on any atom is 0.268 e. The standard InChI is InChI=1S/C30H38N6O6/c31-14-4-8-24(34-27(39)23(32)18-21-10-12-22(38)13-11-21)28(40)35-25(19-20-6-2-1-3-7-20)30(42)36-16-5-9-26(36)29(41)33-15-17-37/h1-3,6-7,10-13,15,17,23-26,38H,4-5,8-9,14,16,18-19,31-32H2,(H,34,39)(H,35,40)/t23-,24+,25-,26+/m0/s1. The number of phenolic OH excluding ortho intramolecular Hbond substituents is 1. The number of aldehydes is 1. The van der Waals surface area contributed by atoms with Gasteiger partial charge in [0.15, 0.2) is 6.29 Å². The van der Waals surface area contributed by atoms with Crippen molar-refractivity contribution in [3.63, 3.8) is 0 Å². The minimum absolute atomic E-state index is 0.0909. The Balaban J connectivity index is 1.77. The molecule has 12 nitrogen and oxygen atoms in total. The van der Waals surface area contributed by atoms with E-state index >= 15 is 0 Å². The highest BCUT2D eigenvalue weighted by Gasteiger charge is 2.38. The van der Waals surface area contributed by atoms with Crippen LogP contribution in [0.3, 0.4) is 0 Å². The second-order valence-electron chi connectivity index (χ2n) is 10.2. The van der Waals surface area contributed by atoms with Crippen LogP contribution in [0.2, 0.25) is 0 Å². The minimum atomic E-state index is -1.04. The predicted molar refractivity (Wildman–Crippen MR) is 156 cm³/mol. The fourth-order valence-electron chi connectivity index (χ4n) is 4.85. The zero-order valence-electron chi connectivity index (χ0n) is 23.4. The Kier molecular flexibility index (Phi) is 12.3. The predicted octanol–water partition coefficient (Wildman–Crippen LogP) is 0.000500. The quantitative estimate of drug-likeness (QED) is 0.152. The van der Waals surface area contributed by atoms with E-state index in [1.165, 1.54) is 17.0 Å². The number of carbonyl (C=O) groups is 5. The molecule has 1 aliphatic rings. The Morgan fingerprint density at radius 3 is 2.31 bits per heavy atom. The van der Waals surface area contributed by atoms with E-state index in [9.17, 15) is 29.1 Å². The number of nitrogens with two attached hydrogens (primary N) is 2. The van der Waals surface area contributed by atoms with Gasteiger partial charge in [0.2, 0.25) is 17.7 Å². The molecule has 2 aromatic rings. The van der Waals surface area contributed by atoms with Crippen molar-refractivity contribution in [3.8, 4) is 5.75 Å². The molecule has 0 radical (unpaired) electrons. The zero-order chi connectivity index (χ0) is 30.5. The number of aromatic hydroxyl groups is 1. The van der Waals surface area contributed by atoms with Crippen molar-refractivity contribution in [2.45, 2.75) is 62.7 Å². The monoisotopic (exact) mass is 578 g/mol. The number of hydrogen-bond acceptors (Lipinski definition) is 8. The number of nitrogens with one attached hydrogen (secondary N) is 2. The van der Waals surface area contributed by atoms with Crippen molar-refractivity contribution in [1.29, 1.82) is 0 Å². The molecule has 4 atom stereocenters. The first kappa shape index (κ1) is 32.1. The van der Waals surface area contributed by atoms with Crippen LogP contribution in [0.4, 0.5) is 0 Å². The van der Waals surface area contributed by atoms with Crippen molar-refractivity contribution in [1.82, 2.24) is 15.5 Å². The first-order valence-electron chi connectivity index (χ1n) is 13.9. The van der Waals surface area contributed by atoms with E-state index in [1.54, 1.807) is 12.1 Å². The summed E-state index contributed by atoms with van der Waals surface area (Å²) < 4.78 is 0. The van der Waals surface area contributed by atoms with E-state index in [0.29, 0.717) is 32.1 Å².